The van der Waals surface area contributed by atoms with Crippen molar-refractivity contribution in [1.82, 2.24) is 5.32 Å². The lowest BCUT2D eigenvalue weighted by molar-refractivity contribution is -0.145. The molecule has 0 radical (unpaired) electrons. The molecule has 2 aromatic rings. The van der Waals surface area contributed by atoms with E-state index in [1.807, 2.05) is 72.8 Å². The van der Waals surface area contributed by atoms with Gasteiger partial charge >= 0.3 is 5.97 Å². The maximum absolute atomic E-state index is 12.1. The molecule has 0 saturated carbocycles. The molecule has 0 heterocycles. The molecule has 0 fully saturated rings. The Balaban J connectivity index is 1.87. The average molecular weight is 337 g/mol. The van der Waals surface area contributed by atoms with Crippen LogP contribution in [0.5, 0.6) is 0 Å². The highest BCUT2D eigenvalue weighted by molar-refractivity contribution is 5.84. The monoisotopic (exact) mass is 337 g/mol. The Morgan fingerprint density at radius 1 is 1.04 bits per heavy atom. The number of carbonyl (C=O) groups excluding carboxylic acids is 2. The SMILES string of the molecule is COC(=O)[C@@H](C/C=C/c1ccccc1)NC(=O)CCc1ccccc1. The molecule has 0 bridgehead atoms. The molecule has 1 amide bonds. The molecule has 130 valence electrons. The molecule has 0 saturated heterocycles. The Morgan fingerprint density at radius 3 is 2.32 bits per heavy atom. The van der Waals surface area contributed by atoms with E-state index < -0.39 is 12.0 Å². The third-order valence-electron chi connectivity index (χ3n) is 3.79. The van der Waals surface area contributed by atoms with Gasteiger partial charge in [0.1, 0.15) is 6.04 Å². The molecule has 0 aliphatic rings. The van der Waals surface area contributed by atoms with Gasteiger partial charge in [0.05, 0.1) is 7.11 Å². The number of methoxy groups -OCH3 is 1. The zero-order valence-corrected chi connectivity index (χ0v) is 14.4. The standard InChI is InChI=1S/C21H23NO3/c1-25-21(24)19(14-8-13-17-9-4-2-5-10-17)22-20(23)16-15-18-11-6-3-7-12-18/h2-13,19H,14-16H2,1H3,(H,22,23)/b13-8+/t19-/m1/s1. The van der Waals surface area contributed by atoms with Crippen molar-refractivity contribution in [1.29, 1.82) is 0 Å². The molecule has 1 atom stereocenters. The lowest BCUT2D eigenvalue weighted by Crippen LogP contribution is -2.41. The van der Waals surface area contributed by atoms with Gasteiger partial charge in [0.25, 0.3) is 0 Å². The largest absolute Gasteiger partial charge is 0.467 e. The van der Waals surface area contributed by atoms with Crippen molar-refractivity contribution >= 4 is 18.0 Å². The fourth-order valence-corrected chi connectivity index (χ4v) is 2.43. The molecule has 0 spiro atoms. The Labute approximate surface area is 148 Å². The fourth-order valence-electron chi connectivity index (χ4n) is 2.43. The summed E-state index contributed by atoms with van der Waals surface area (Å²) in [7, 11) is 1.33. The van der Waals surface area contributed by atoms with Crippen LogP contribution in [-0.4, -0.2) is 25.0 Å². The number of hydrogen-bond acceptors (Lipinski definition) is 3. The minimum absolute atomic E-state index is 0.160. The van der Waals surface area contributed by atoms with Gasteiger partial charge in [-0.2, -0.15) is 0 Å². The van der Waals surface area contributed by atoms with E-state index >= 15 is 0 Å². The number of amides is 1. The molecular weight excluding hydrogens is 314 g/mol. The Kier molecular flexibility index (Phi) is 7.44. The number of hydrogen-bond donors (Lipinski definition) is 1. The molecule has 0 aliphatic heterocycles. The van der Waals surface area contributed by atoms with Crippen molar-refractivity contribution in [3.05, 3.63) is 77.9 Å². The minimum atomic E-state index is -0.673. The topological polar surface area (TPSA) is 55.4 Å². The predicted molar refractivity (Wildman–Crippen MR) is 98.8 cm³/mol. The van der Waals surface area contributed by atoms with E-state index in [1.54, 1.807) is 0 Å². The summed E-state index contributed by atoms with van der Waals surface area (Å²) in [5.74, 6) is -0.599. The van der Waals surface area contributed by atoms with Crippen LogP contribution >= 0.6 is 0 Å². The van der Waals surface area contributed by atoms with Crippen molar-refractivity contribution in [3.63, 3.8) is 0 Å². The Morgan fingerprint density at radius 2 is 1.68 bits per heavy atom. The van der Waals surface area contributed by atoms with E-state index in [-0.39, 0.29) is 5.91 Å². The summed E-state index contributed by atoms with van der Waals surface area (Å²) in [5, 5.41) is 2.76. The highest BCUT2D eigenvalue weighted by Gasteiger charge is 2.19. The fraction of sp³-hybridized carbons (Fsp3) is 0.238. The van der Waals surface area contributed by atoms with Gasteiger partial charge in [-0.15, -0.1) is 0 Å². The summed E-state index contributed by atoms with van der Waals surface area (Å²) in [4.78, 5) is 24.0. The van der Waals surface area contributed by atoms with Crippen LogP contribution in [0.3, 0.4) is 0 Å². The van der Waals surface area contributed by atoms with Crippen LogP contribution in [0.2, 0.25) is 0 Å². The average Bonchev–Trinajstić information content (AvgIpc) is 2.66. The van der Waals surface area contributed by atoms with Gasteiger partial charge in [0, 0.05) is 6.42 Å². The van der Waals surface area contributed by atoms with Gasteiger partial charge in [-0.25, -0.2) is 4.79 Å². The van der Waals surface area contributed by atoms with Gasteiger partial charge < -0.3 is 10.1 Å². The van der Waals surface area contributed by atoms with Gasteiger partial charge in [-0.05, 0) is 24.0 Å². The van der Waals surface area contributed by atoms with Crippen LogP contribution in [0.15, 0.2) is 66.7 Å². The second-order valence-corrected chi connectivity index (χ2v) is 5.68. The number of ether oxygens (including phenoxy) is 1. The highest BCUT2D eigenvalue weighted by Crippen LogP contribution is 2.06. The van der Waals surface area contributed by atoms with Crippen LogP contribution in [0.25, 0.3) is 6.08 Å². The summed E-state index contributed by atoms with van der Waals surface area (Å²) >= 11 is 0. The van der Waals surface area contributed by atoms with E-state index in [9.17, 15) is 9.59 Å². The smallest absolute Gasteiger partial charge is 0.328 e. The van der Waals surface area contributed by atoms with Crippen LogP contribution in [-0.2, 0) is 20.7 Å². The molecule has 0 aliphatic carbocycles. The van der Waals surface area contributed by atoms with Crippen LogP contribution in [0.4, 0.5) is 0 Å². The number of benzene rings is 2. The Bertz CT molecular complexity index is 696. The number of aryl methyl sites for hydroxylation is 1. The summed E-state index contributed by atoms with van der Waals surface area (Å²) in [6, 6.07) is 18.9. The van der Waals surface area contributed by atoms with Crippen molar-refractivity contribution in [2.45, 2.75) is 25.3 Å². The number of carbonyl (C=O) groups is 2. The third kappa shape index (κ3) is 6.63. The maximum Gasteiger partial charge on any atom is 0.328 e. The first kappa shape index (κ1) is 18.5. The zero-order chi connectivity index (χ0) is 17.9. The second-order valence-electron chi connectivity index (χ2n) is 5.68. The Hall–Kier alpha value is -2.88. The van der Waals surface area contributed by atoms with E-state index in [0.717, 1.165) is 11.1 Å². The molecule has 2 rings (SSSR count). The van der Waals surface area contributed by atoms with Gasteiger partial charge in [0.15, 0.2) is 0 Å². The lowest BCUT2D eigenvalue weighted by Gasteiger charge is -2.15. The zero-order valence-electron chi connectivity index (χ0n) is 14.4. The second kappa shape index (κ2) is 10.1. The van der Waals surface area contributed by atoms with Gasteiger partial charge in [-0.1, -0.05) is 72.8 Å². The molecule has 0 unspecified atom stereocenters. The van der Waals surface area contributed by atoms with Crippen molar-refractivity contribution < 1.29 is 14.3 Å². The van der Waals surface area contributed by atoms with Crippen LogP contribution in [0.1, 0.15) is 24.0 Å². The molecule has 0 aromatic heterocycles. The lowest BCUT2D eigenvalue weighted by atomic mass is 10.1. The van der Waals surface area contributed by atoms with Crippen LogP contribution in [0, 0.1) is 0 Å². The summed E-state index contributed by atoms with van der Waals surface area (Å²) < 4.78 is 4.79. The quantitative estimate of drug-likeness (QED) is 0.751. The molecule has 4 nitrogen and oxygen atoms in total. The van der Waals surface area contributed by atoms with E-state index in [2.05, 4.69) is 5.32 Å². The van der Waals surface area contributed by atoms with Gasteiger partial charge in [-0.3, -0.25) is 4.79 Å². The maximum atomic E-state index is 12.1. The number of esters is 1. The summed E-state index contributed by atoms with van der Waals surface area (Å²) in [5.41, 5.74) is 2.14. The summed E-state index contributed by atoms with van der Waals surface area (Å²) in [6.45, 7) is 0. The molecular formula is C21H23NO3. The number of nitrogens with one attached hydrogen (secondary N) is 1. The normalized spacial score (nSPS) is 11.9. The molecule has 25 heavy (non-hydrogen) atoms. The first-order chi connectivity index (χ1) is 12.2. The summed E-state index contributed by atoms with van der Waals surface area (Å²) in [6.07, 6.45) is 5.15. The minimum Gasteiger partial charge on any atom is -0.467 e. The molecule has 1 N–H and O–H groups in total. The van der Waals surface area contributed by atoms with Crippen molar-refractivity contribution in [2.75, 3.05) is 7.11 Å². The van der Waals surface area contributed by atoms with E-state index in [0.29, 0.717) is 19.3 Å². The first-order valence-electron chi connectivity index (χ1n) is 8.31. The third-order valence-corrected chi connectivity index (χ3v) is 3.79. The molecule has 4 heteroatoms. The van der Waals surface area contributed by atoms with Gasteiger partial charge in [0.2, 0.25) is 5.91 Å². The first-order valence-corrected chi connectivity index (χ1v) is 8.31. The van der Waals surface area contributed by atoms with Crippen molar-refractivity contribution in [2.24, 2.45) is 0 Å². The highest BCUT2D eigenvalue weighted by atomic mass is 16.5. The predicted octanol–water partition coefficient (Wildman–Crippen LogP) is 3.38. The number of rotatable bonds is 8. The van der Waals surface area contributed by atoms with E-state index in [4.69, 9.17) is 4.74 Å². The van der Waals surface area contributed by atoms with E-state index in [1.165, 1.54) is 7.11 Å². The molecule has 2 aromatic carbocycles. The van der Waals surface area contributed by atoms with Crippen LogP contribution < -0.4 is 5.32 Å². The van der Waals surface area contributed by atoms with Crippen molar-refractivity contribution in [3.8, 4) is 0 Å².